The van der Waals surface area contributed by atoms with Gasteiger partial charge < -0.3 is 9.67 Å². The first-order valence-corrected chi connectivity index (χ1v) is 7.34. The summed E-state index contributed by atoms with van der Waals surface area (Å²) in [4.78, 5) is 17.2. The van der Waals surface area contributed by atoms with Gasteiger partial charge in [0.1, 0.15) is 6.04 Å². The van der Waals surface area contributed by atoms with Gasteiger partial charge in [0.05, 0.1) is 15.9 Å². The molecule has 20 heavy (non-hydrogen) atoms. The van der Waals surface area contributed by atoms with Crippen LogP contribution in [0.4, 0.5) is 0 Å². The van der Waals surface area contributed by atoms with E-state index in [1.165, 1.54) is 0 Å². The highest BCUT2D eigenvalue weighted by Crippen LogP contribution is 2.32. The maximum absolute atomic E-state index is 11.5. The number of hydrogen-bond acceptors (Lipinski definition) is 3. The monoisotopic (exact) mass is 286 g/mol. The highest BCUT2D eigenvalue weighted by atomic mass is 32.1. The number of carbonyl (C=O) groups is 1. The SMILES string of the molecule is CCC(C(=O)O)n1c(-c2cccs2)nc2ccccc21. The molecule has 5 heteroatoms. The number of carboxylic acid groups (broad SMARTS) is 1. The van der Waals surface area contributed by atoms with Gasteiger partial charge in [0.15, 0.2) is 5.82 Å². The third-order valence-electron chi connectivity index (χ3n) is 3.32. The van der Waals surface area contributed by atoms with Gasteiger partial charge in [-0.15, -0.1) is 11.3 Å². The predicted octanol–water partition coefficient (Wildman–Crippen LogP) is 3.80. The molecule has 1 unspecified atom stereocenters. The molecule has 0 bridgehead atoms. The van der Waals surface area contributed by atoms with Crippen molar-refractivity contribution >= 4 is 28.3 Å². The minimum absolute atomic E-state index is 0.522. The lowest BCUT2D eigenvalue weighted by Gasteiger charge is -2.15. The number of benzene rings is 1. The number of carboxylic acids is 1. The van der Waals surface area contributed by atoms with Gasteiger partial charge in [-0.3, -0.25) is 0 Å². The summed E-state index contributed by atoms with van der Waals surface area (Å²) in [7, 11) is 0. The van der Waals surface area contributed by atoms with Crippen molar-refractivity contribution in [3.05, 3.63) is 41.8 Å². The first kappa shape index (κ1) is 12.9. The summed E-state index contributed by atoms with van der Waals surface area (Å²) in [5, 5.41) is 11.5. The summed E-state index contributed by atoms with van der Waals surface area (Å²) in [6.07, 6.45) is 0.522. The summed E-state index contributed by atoms with van der Waals surface area (Å²) in [6, 6.07) is 11.0. The normalized spacial score (nSPS) is 12.7. The first-order chi connectivity index (χ1) is 9.72. The molecular formula is C15H14N2O2S. The van der Waals surface area contributed by atoms with Crippen molar-refractivity contribution in [3.63, 3.8) is 0 Å². The van der Waals surface area contributed by atoms with Crippen molar-refractivity contribution in [3.8, 4) is 10.7 Å². The molecule has 0 saturated carbocycles. The van der Waals surface area contributed by atoms with Crippen LogP contribution in [-0.2, 0) is 4.79 Å². The Bertz CT molecular complexity index is 746. The molecule has 2 heterocycles. The van der Waals surface area contributed by atoms with Crippen LogP contribution in [0.3, 0.4) is 0 Å². The Balaban J connectivity index is 2.31. The topological polar surface area (TPSA) is 55.1 Å². The predicted molar refractivity (Wildman–Crippen MR) is 80.0 cm³/mol. The summed E-state index contributed by atoms with van der Waals surface area (Å²) in [5.74, 6) is -0.0936. The highest BCUT2D eigenvalue weighted by Gasteiger charge is 2.24. The highest BCUT2D eigenvalue weighted by molar-refractivity contribution is 7.13. The molecule has 1 atom stereocenters. The third kappa shape index (κ3) is 2.00. The van der Waals surface area contributed by atoms with E-state index in [-0.39, 0.29) is 0 Å². The van der Waals surface area contributed by atoms with Crippen LogP contribution in [0.25, 0.3) is 21.7 Å². The second-order valence-corrected chi connectivity index (χ2v) is 5.48. The second kappa shape index (κ2) is 5.09. The maximum Gasteiger partial charge on any atom is 0.326 e. The van der Waals surface area contributed by atoms with Gasteiger partial charge in [-0.05, 0) is 30.0 Å². The molecule has 0 aliphatic carbocycles. The molecule has 0 fully saturated rings. The molecule has 0 radical (unpaired) electrons. The average Bonchev–Trinajstić information content (AvgIpc) is 3.06. The van der Waals surface area contributed by atoms with E-state index in [2.05, 4.69) is 4.98 Å². The Morgan fingerprint density at radius 2 is 2.15 bits per heavy atom. The zero-order valence-corrected chi connectivity index (χ0v) is 11.8. The first-order valence-electron chi connectivity index (χ1n) is 6.46. The fraction of sp³-hybridized carbons (Fsp3) is 0.200. The Labute approximate surface area is 120 Å². The smallest absolute Gasteiger partial charge is 0.326 e. The lowest BCUT2D eigenvalue weighted by molar-refractivity contribution is -0.140. The molecular weight excluding hydrogens is 272 g/mol. The van der Waals surface area contributed by atoms with Crippen molar-refractivity contribution in [1.29, 1.82) is 0 Å². The van der Waals surface area contributed by atoms with E-state index in [0.717, 1.165) is 21.7 Å². The van der Waals surface area contributed by atoms with Crippen molar-refractivity contribution < 1.29 is 9.90 Å². The molecule has 0 amide bonds. The van der Waals surface area contributed by atoms with Crippen LogP contribution in [0, 0.1) is 0 Å². The van der Waals surface area contributed by atoms with Gasteiger partial charge in [0, 0.05) is 0 Å². The summed E-state index contributed by atoms with van der Waals surface area (Å²) in [6.45, 7) is 1.88. The zero-order chi connectivity index (χ0) is 14.1. The average molecular weight is 286 g/mol. The van der Waals surface area contributed by atoms with Crippen molar-refractivity contribution in [1.82, 2.24) is 9.55 Å². The van der Waals surface area contributed by atoms with Crippen molar-refractivity contribution in [2.75, 3.05) is 0 Å². The van der Waals surface area contributed by atoms with E-state index < -0.39 is 12.0 Å². The lowest BCUT2D eigenvalue weighted by atomic mass is 10.2. The van der Waals surface area contributed by atoms with Crippen LogP contribution in [0.15, 0.2) is 41.8 Å². The number of thiophene rings is 1. The van der Waals surface area contributed by atoms with E-state index in [4.69, 9.17) is 0 Å². The molecule has 1 aromatic carbocycles. The molecule has 102 valence electrons. The number of fused-ring (bicyclic) bond motifs is 1. The van der Waals surface area contributed by atoms with Crippen LogP contribution in [0.1, 0.15) is 19.4 Å². The fourth-order valence-corrected chi connectivity index (χ4v) is 3.12. The Morgan fingerprint density at radius 3 is 2.80 bits per heavy atom. The molecule has 0 aliphatic rings. The molecule has 2 aromatic heterocycles. The summed E-state index contributed by atoms with van der Waals surface area (Å²) < 4.78 is 1.84. The Hall–Kier alpha value is -2.14. The molecule has 3 aromatic rings. The number of aliphatic carboxylic acids is 1. The van der Waals surface area contributed by atoms with Crippen molar-refractivity contribution in [2.24, 2.45) is 0 Å². The fourth-order valence-electron chi connectivity index (χ4n) is 2.41. The third-order valence-corrected chi connectivity index (χ3v) is 4.19. The van der Waals surface area contributed by atoms with Gasteiger partial charge in [-0.1, -0.05) is 25.1 Å². The lowest BCUT2D eigenvalue weighted by Crippen LogP contribution is -2.18. The Kier molecular flexibility index (Phi) is 3.28. The van der Waals surface area contributed by atoms with E-state index in [0.29, 0.717) is 6.42 Å². The molecule has 0 aliphatic heterocycles. The number of imidazole rings is 1. The quantitative estimate of drug-likeness (QED) is 0.793. The largest absolute Gasteiger partial charge is 0.480 e. The summed E-state index contributed by atoms with van der Waals surface area (Å²) in [5.41, 5.74) is 1.70. The van der Waals surface area contributed by atoms with Gasteiger partial charge in [-0.25, -0.2) is 9.78 Å². The van der Waals surface area contributed by atoms with Gasteiger partial charge >= 0.3 is 5.97 Å². The minimum atomic E-state index is -0.826. The molecule has 1 N–H and O–H groups in total. The zero-order valence-electron chi connectivity index (χ0n) is 11.0. The second-order valence-electron chi connectivity index (χ2n) is 4.53. The van der Waals surface area contributed by atoms with E-state index in [1.54, 1.807) is 11.3 Å². The minimum Gasteiger partial charge on any atom is -0.480 e. The Morgan fingerprint density at radius 1 is 1.35 bits per heavy atom. The number of nitrogens with zero attached hydrogens (tertiary/aromatic N) is 2. The number of para-hydroxylation sites is 2. The van der Waals surface area contributed by atoms with E-state index in [9.17, 15) is 9.90 Å². The van der Waals surface area contributed by atoms with Crippen LogP contribution < -0.4 is 0 Å². The van der Waals surface area contributed by atoms with Crippen LogP contribution >= 0.6 is 11.3 Å². The molecule has 3 rings (SSSR count). The standard InChI is InChI=1S/C15H14N2O2S/c1-2-11(15(18)19)17-12-7-4-3-6-10(12)16-14(17)13-8-5-9-20-13/h3-9,11H,2H2,1H3,(H,18,19). The number of aromatic nitrogens is 2. The molecule has 4 nitrogen and oxygen atoms in total. The number of rotatable bonds is 4. The van der Waals surface area contributed by atoms with Gasteiger partial charge in [0.25, 0.3) is 0 Å². The maximum atomic E-state index is 11.5. The van der Waals surface area contributed by atoms with Gasteiger partial charge in [-0.2, -0.15) is 0 Å². The molecule has 0 spiro atoms. The van der Waals surface area contributed by atoms with E-state index in [1.807, 2.05) is 53.3 Å². The van der Waals surface area contributed by atoms with Crippen molar-refractivity contribution in [2.45, 2.75) is 19.4 Å². The number of hydrogen-bond donors (Lipinski definition) is 1. The summed E-state index contributed by atoms with van der Waals surface area (Å²) >= 11 is 1.57. The van der Waals surface area contributed by atoms with E-state index >= 15 is 0 Å². The molecule has 0 saturated heterocycles. The van der Waals surface area contributed by atoms with Crippen LogP contribution in [0.5, 0.6) is 0 Å². The van der Waals surface area contributed by atoms with Crippen LogP contribution in [-0.4, -0.2) is 20.6 Å². The van der Waals surface area contributed by atoms with Gasteiger partial charge in [0.2, 0.25) is 0 Å². The van der Waals surface area contributed by atoms with Crippen LogP contribution in [0.2, 0.25) is 0 Å².